The highest BCUT2D eigenvalue weighted by Crippen LogP contribution is 2.39. The highest BCUT2D eigenvalue weighted by Gasteiger charge is 2.33. The predicted octanol–water partition coefficient (Wildman–Crippen LogP) is 4.12. The van der Waals surface area contributed by atoms with Crippen LogP contribution in [-0.2, 0) is 7.05 Å². The summed E-state index contributed by atoms with van der Waals surface area (Å²) in [6.45, 7) is 0.669. The second kappa shape index (κ2) is 7.67. The molecule has 2 heterocycles. The van der Waals surface area contributed by atoms with Crippen LogP contribution in [0.2, 0.25) is 0 Å². The van der Waals surface area contributed by atoms with Gasteiger partial charge in [-0.2, -0.15) is 5.10 Å². The molecule has 1 atom stereocenters. The van der Waals surface area contributed by atoms with Crippen molar-refractivity contribution < 1.29 is 13.9 Å². The smallest absolute Gasteiger partial charge is 0.273 e. The molecule has 1 fully saturated rings. The summed E-state index contributed by atoms with van der Waals surface area (Å²) < 4.78 is 20.1. The molecular weight excluding hydrogens is 377 g/mol. The molecule has 1 aliphatic rings. The van der Waals surface area contributed by atoms with Crippen molar-refractivity contribution in [2.24, 2.45) is 7.05 Å². The quantitative estimate of drug-likeness (QED) is 0.664. The van der Waals surface area contributed by atoms with Gasteiger partial charge < -0.3 is 9.64 Å². The predicted molar refractivity (Wildman–Crippen MR) is 108 cm³/mol. The molecule has 1 aliphatic heterocycles. The lowest BCUT2D eigenvalue weighted by atomic mass is 10.1. The third-order valence-electron chi connectivity index (χ3n) is 4.77. The van der Waals surface area contributed by atoms with E-state index in [1.54, 1.807) is 48.8 Å². The molecular formula is C21H20FN3O2S. The summed E-state index contributed by atoms with van der Waals surface area (Å²) in [7, 11) is 3.39. The Bertz CT molecular complexity index is 1000. The van der Waals surface area contributed by atoms with Crippen molar-refractivity contribution in [2.45, 2.75) is 5.37 Å². The van der Waals surface area contributed by atoms with E-state index in [9.17, 15) is 9.18 Å². The van der Waals surface area contributed by atoms with Crippen molar-refractivity contribution in [3.8, 4) is 17.0 Å². The van der Waals surface area contributed by atoms with E-state index in [1.807, 2.05) is 29.2 Å². The molecule has 0 saturated carbocycles. The number of hydrogen-bond donors (Lipinski definition) is 0. The monoisotopic (exact) mass is 397 g/mol. The SMILES string of the molecule is COc1cccc([C@@H]2SCCN2C(=O)c2cc(-c3ccc(F)cc3)nn2C)c1. The first-order chi connectivity index (χ1) is 13.6. The van der Waals surface area contributed by atoms with E-state index in [1.165, 1.54) is 12.1 Å². The number of halogens is 1. The summed E-state index contributed by atoms with van der Waals surface area (Å²) in [5.41, 5.74) is 2.97. The minimum Gasteiger partial charge on any atom is -0.497 e. The topological polar surface area (TPSA) is 47.4 Å². The maximum atomic E-state index is 13.3. The summed E-state index contributed by atoms with van der Waals surface area (Å²) in [6, 6.07) is 15.7. The van der Waals surface area contributed by atoms with E-state index in [2.05, 4.69) is 5.10 Å². The number of hydrogen-bond acceptors (Lipinski definition) is 4. The molecule has 1 saturated heterocycles. The molecule has 4 rings (SSSR count). The lowest BCUT2D eigenvalue weighted by Gasteiger charge is -2.24. The number of aryl methyl sites for hydroxylation is 1. The van der Waals surface area contributed by atoms with Crippen LogP contribution in [0.4, 0.5) is 4.39 Å². The van der Waals surface area contributed by atoms with Crippen LogP contribution >= 0.6 is 11.8 Å². The molecule has 144 valence electrons. The Balaban J connectivity index is 1.62. The van der Waals surface area contributed by atoms with Gasteiger partial charge in [0, 0.05) is 24.9 Å². The zero-order chi connectivity index (χ0) is 19.7. The van der Waals surface area contributed by atoms with Crippen LogP contribution in [0.25, 0.3) is 11.3 Å². The van der Waals surface area contributed by atoms with Gasteiger partial charge in [0.1, 0.15) is 22.6 Å². The maximum absolute atomic E-state index is 13.3. The van der Waals surface area contributed by atoms with Crippen LogP contribution in [0, 0.1) is 5.82 Å². The van der Waals surface area contributed by atoms with Crippen molar-refractivity contribution in [1.29, 1.82) is 0 Å². The normalized spacial score (nSPS) is 16.4. The number of carbonyl (C=O) groups is 1. The number of nitrogens with zero attached hydrogens (tertiary/aromatic N) is 3. The van der Waals surface area contributed by atoms with E-state index in [4.69, 9.17) is 4.74 Å². The van der Waals surface area contributed by atoms with Gasteiger partial charge >= 0.3 is 0 Å². The Morgan fingerprint density at radius 1 is 1.21 bits per heavy atom. The van der Waals surface area contributed by atoms with Crippen molar-refractivity contribution in [1.82, 2.24) is 14.7 Å². The van der Waals surface area contributed by atoms with Crippen LogP contribution in [0.5, 0.6) is 5.75 Å². The summed E-state index contributed by atoms with van der Waals surface area (Å²) in [4.78, 5) is 15.1. The molecule has 5 nitrogen and oxygen atoms in total. The first-order valence-electron chi connectivity index (χ1n) is 8.93. The van der Waals surface area contributed by atoms with Crippen LogP contribution in [0.15, 0.2) is 54.6 Å². The maximum Gasteiger partial charge on any atom is 0.273 e. The van der Waals surface area contributed by atoms with Crippen molar-refractivity contribution in [3.63, 3.8) is 0 Å². The molecule has 0 spiro atoms. The Kier molecular flexibility index (Phi) is 5.09. The van der Waals surface area contributed by atoms with Crippen LogP contribution in [0.3, 0.4) is 0 Å². The molecule has 1 aromatic heterocycles. The lowest BCUT2D eigenvalue weighted by molar-refractivity contribution is 0.0749. The van der Waals surface area contributed by atoms with E-state index in [0.29, 0.717) is 17.9 Å². The Morgan fingerprint density at radius 2 is 2.00 bits per heavy atom. The lowest BCUT2D eigenvalue weighted by Crippen LogP contribution is -2.31. The van der Waals surface area contributed by atoms with Gasteiger partial charge in [0.2, 0.25) is 0 Å². The minimum atomic E-state index is -0.300. The van der Waals surface area contributed by atoms with E-state index in [0.717, 1.165) is 22.6 Å². The Morgan fingerprint density at radius 3 is 2.75 bits per heavy atom. The second-order valence-electron chi connectivity index (χ2n) is 6.54. The highest BCUT2D eigenvalue weighted by molar-refractivity contribution is 7.99. The number of thioether (sulfide) groups is 1. The van der Waals surface area contributed by atoms with Gasteiger partial charge in [0.25, 0.3) is 5.91 Å². The van der Waals surface area contributed by atoms with Gasteiger partial charge in [0.15, 0.2) is 0 Å². The summed E-state index contributed by atoms with van der Waals surface area (Å²) in [6.07, 6.45) is 0. The molecule has 0 N–H and O–H groups in total. The average molecular weight is 397 g/mol. The van der Waals surface area contributed by atoms with Gasteiger partial charge in [-0.15, -0.1) is 11.8 Å². The van der Waals surface area contributed by atoms with Crippen molar-refractivity contribution in [3.05, 3.63) is 71.7 Å². The fourth-order valence-corrected chi connectivity index (χ4v) is 4.57. The van der Waals surface area contributed by atoms with Crippen LogP contribution in [-0.4, -0.2) is 40.0 Å². The summed E-state index contributed by atoms with van der Waals surface area (Å²) in [5.74, 6) is 1.28. The number of rotatable bonds is 4. The van der Waals surface area contributed by atoms with Crippen LogP contribution in [0.1, 0.15) is 21.4 Å². The third-order valence-corrected chi connectivity index (χ3v) is 6.03. The van der Waals surface area contributed by atoms with E-state index in [-0.39, 0.29) is 17.1 Å². The third kappa shape index (κ3) is 3.49. The molecule has 28 heavy (non-hydrogen) atoms. The van der Waals surface area contributed by atoms with Crippen LogP contribution < -0.4 is 4.74 Å². The molecule has 0 unspecified atom stereocenters. The van der Waals surface area contributed by atoms with Gasteiger partial charge in [-0.05, 0) is 48.0 Å². The molecule has 0 bridgehead atoms. The fraction of sp³-hybridized carbons (Fsp3) is 0.238. The summed E-state index contributed by atoms with van der Waals surface area (Å²) in [5, 5.41) is 4.38. The number of carbonyl (C=O) groups excluding carboxylic acids is 1. The molecule has 0 aliphatic carbocycles. The largest absolute Gasteiger partial charge is 0.497 e. The van der Waals surface area contributed by atoms with Gasteiger partial charge in [-0.25, -0.2) is 4.39 Å². The number of ether oxygens (including phenoxy) is 1. The molecule has 1 amide bonds. The molecule has 7 heteroatoms. The average Bonchev–Trinajstić information content (AvgIpc) is 3.35. The first kappa shape index (κ1) is 18.6. The van der Waals surface area contributed by atoms with Gasteiger partial charge in [-0.1, -0.05) is 12.1 Å². The molecule has 3 aromatic rings. The molecule has 0 radical (unpaired) electrons. The number of aromatic nitrogens is 2. The Labute approximate surface area is 167 Å². The highest BCUT2D eigenvalue weighted by atomic mass is 32.2. The summed E-state index contributed by atoms with van der Waals surface area (Å²) >= 11 is 1.73. The number of amides is 1. The van der Waals surface area contributed by atoms with Gasteiger partial charge in [0.05, 0.1) is 12.8 Å². The second-order valence-corrected chi connectivity index (χ2v) is 7.73. The van der Waals surface area contributed by atoms with Crippen molar-refractivity contribution >= 4 is 17.7 Å². The standard InChI is InChI=1S/C21H20FN3O2S/c1-24-19(13-18(23-24)14-6-8-16(22)9-7-14)20(26)25-10-11-28-21(25)15-4-3-5-17(12-15)27-2/h3-9,12-13,21H,10-11H2,1-2H3/t21-/m0/s1. The zero-order valence-corrected chi connectivity index (χ0v) is 16.4. The minimum absolute atomic E-state index is 0.0632. The van der Waals surface area contributed by atoms with E-state index < -0.39 is 0 Å². The number of methoxy groups -OCH3 is 1. The molecule has 2 aromatic carbocycles. The number of benzene rings is 2. The first-order valence-corrected chi connectivity index (χ1v) is 9.98. The van der Waals surface area contributed by atoms with E-state index >= 15 is 0 Å². The van der Waals surface area contributed by atoms with Crippen molar-refractivity contribution in [2.75, 3.05) is 19.4 Å². The zero-order valence-electron chi connectivity index (χ0n) is 15.6. The Hall–Kier alpha value is -2.80. The van der Waals surface area contributed by atoms with Gasteiger partial charge in [-0.3, -0.25) is 9.48 Å². The fourth-order valence-electron chi connectivity index (χ4n) is 3.33.